The Morgan fingerprint density at radius 2 is 0.933 bits per heavy atom. The molecule has 0 saturated heterocycles. The van der Waals surface area contributed by atoms with Crippen molar-refractivity contribution < 1.29 is 77.6 Å². The van der Waals surface area contributed by atoms with Gasteiger partial charge in [-0.3, -0.25) is 62.9 Å². The zero-order valence-electron chi connectivity index (χ0n) is 57.6. The van der Waals surface area contributed by atoms with Crippen LogP contribution in [0.4, 0.5) is 0 Å². The van der Waals surface area contributed by atoms with Gasteiger partial charge in [0, 0.05) is 85.5 Å². The number of aromatic amines is 3. The Hall–Kier alpha value is -11.8. The number of guanidine groups is 1. The number of fused-ring (bicyclic) bond motifs is 2. The second-order valence-corrected chi connectivity index (χ2v) is 25.5. The molecule has 6 aromatic rings. The molecule has 0 unspecified atom stereocenters. The van der Waals surface area contributed by atoms with Crippen molar-refractivity contribution in [3.63, 3.8) is 0 Å². The number of benzene rings is 3. The number of unbranched alkanes of at least 4 members (excludes halogenated alkanes) is 1. The van der Waals surface area contributed by atoms with E-state index in [4.69, 9.17) is 28.3 Å². The fourth-order valence-corrected chi connectivity index (χ4v) is 11.4. The van der Waals surface area contributed by atoms with E-state index in [2.05, 4.69) is 73.1 Å². The van der Waals surface area contributed by atoms with E-state index in [1.165, 1.54) is 12.5 Å². The van der Waals surface area contributed by atoms with Gasteiger partial charge >= 0.3 is 17.9 Å². The first kappa shape index (κ1) is 81.2. The Labute approximate surface area is 597 Å². The van der Waals surface area contributed by atoms with Gasteiger partial charge in [-0.25, -0.2) is 9.78 Å². The molecule has 0 aliphatic carbocycles. The van der Waals surface area contributed by atoms with E-state index >= 15 is 9.59 Å². The van der Waals surface area contributed by atoms with Crippen molar-refractivity contribution in [1.82, 2.24) is 73.1 Å². The number of carbonyl (C=O) groups excluding carboxylic acids is 10. The van der Waals surface area contributed by atoms with Crippen LogP contribution in [0, 0.1) is 11.3 Å². The molecule has 0 radical (unpaired) electrons. The van der Waals surface area contributed by atoms with Crippen molar-refractivity contribution >= 4 is 105 Å². The van der Waals surface area contributed by atoms with Gasteiger partial charge in [-0.15, -0.1) is 0 Å². The Kier molecular flexibility index (Phi) is 31.7. The third-order valence-electron chi connectivity index (χ3n) is 16.8. The van der Waals surface area contributed by atoms with E-state index in [0.29, 0.717) is 44.9 Å². The summed E-state index contributed by atoms with van der Waals surface area (Å²) in [7, 11) is 0. The molecule has 0 fully saturated rings. The van der Waals surface area contributed by atoms with E-state index in [-0.39, 0.29) is 88.9 Å². The third-order valence-corrected chi connectivity index (χ3v) is 16.8. The molecule has 0 spiro atoms. The maximum atomic E-state index is 15.1. The molecule has 10 amide bonds. The fraction of sp³-hybridized carbons (Fsp3) is 0.435. The molecular formula is C69H93N19O16. The maximum absolute atomic E-state index is 15.1. The Balaban J connectivity index is 1.28. The lowest BCUT2D eigenvalue weighted by molar-refractivity contribution is -0.144. The minimum Gasteiger partial charge on any atom is -0.481 e. The van der Waals surface area contributed by atoms with E-state index in [1.54, 1.807) is 105 Å². The molecule has 560 valence electrons. The number of hydrogen-bond acceptors (Lipinski definition) is 17. The number of aromatic nitrogens is 4. The smallest absolute Gasteiger partial charge is 0.326 e. The number of nitrogens with zero attached hydrogens (tertiary/aromatic N) is 1. The van der Waals surface area contributed by atoms with Gasteiger partial charge in [0.1, 0.15) is 54.4 Å². The summed E-state index contributed by atoms with van der Waals surface area (Å²) in [5.74, 6) is -14.7. The van der Waals surface area contributed by atoms with Crippen LogP contribution in [-0.4, -0.2) is 192 Å². The first-order chi connectivity index (χ1) is 49.6. The number of H-pyrrole nitrogens is 3. The predicted molar refractivity (Wildman–Crippen MR) is 378 cm³/mol. The molecule has 35 heteroatoms. The normalized spacial score (nSPS) is 14.1. The molecule has 3 heterocycles. The highest BCUT2D eigenvalue weighted by atomic mass is 16.4. The second kappa shape index (κ2) is 40.6. The standard InChI is InChI=1S/C69H93N19O16/c1-37(2)27-50(84-61(96)48(20-12-26-76-69(73)74)80-62(97)49(22-23-56(72)89)82-65(100)52(83-59(94)44(71)21-24-57(90)91)29-39-33-77-45-17-8-6-15-42(39)45)63(98)81-47(19-10-11-25-70)60(95)86-53(30-40-34-78-46-18-9-7-16-43(40)46)66(101)85-51(28-38-13-4-3-5-14-38)64(99)87-54(32-58(92)93)67(102)88-55(68(103)104)31-41-35-75-36-79-41/h3-9,13-18,33-37,44,47-55,77-78H,10-12,19-32,70-71H2,1-2H3,(H2,72,89)(H,75,79)(H,80,97)(H,81,98)(H,82,100)(H,83,94)(H,84,96)(H,85,101)(H,86,95)(H,87,99)(H,88,102)(H,90,91)(H,92,93)(H,103,104)(H4,73,74,76)/t44-,47-,48-,49-,50-,51-,52-,53-,54-,55-/m0/s1. The molecule has 0 saturated carbocycles. The molecule has 104 heavy (non-hydrogen) atoms. The number of amides is 10. The maximum Gasteiger partial charge on any atom is 0.326 e. The van der Waals surface area contributed by atoms with Crippen molar-refractivity contribution in [2.75, 3.05) is 13.1 Å². The Bertz CT molecular complexity index is 3960. The lowest BCUT2D eigenvalue weighted by atomic mass is 9.99. The first-order valence-electron chi connectivity index (χ1n) is 33.9. The van der Waals surface area contributed by atoms with Crippen molar-refractivity contribution in [3.05, 3.63) is 126 Å². The highest BCUT2D eigenvalue weighted by Crippen LogP contribution is 2.22. The summed E-state index contributed by atoms with van der Waals surface area (Å²) in [5.41, 5.74) is 26.2. The summed E-state index contributed by atoms with van der Waals surface area (Å²) < 4.78 is 0. The molecule has 0 aliphatic heterocycles. The summed E-state index contributed by atoms with van der Waals surface area (Å²) in [5, 5.41) is 64.1. The Morgan fingerprint density at radius 1 is 0.481 bits per heavy atom. The average molecular weight is 1440 g/mol. The van der Waals surface area contributed by atoms with Gasteiger partial charge in [0.2, 0.25) is 59.1 Å². The number of aliphatic carboxylic acids is 3. The molecule has 10 atom stereocenters. The number of carbonyl (C=O) groups is 13. The number of nitrogens with two attached hydrogens (primary N) is 4. The summed E-state index contributed by atoms with van der Waals surface area (Å²) in [6, 6.07) is 6.78. The first-order valence-corrected chi connectivity index (χ1v) is 33.9. The lowest BCUT2D eigenvalue weighted by Crippen LogP contribution is -2.61. The van der Waals surface area contributed by atoms with Crippen molar-refractivity contribution in [3.8, 4) is 0 Å². The van der Waals surface area contributed by atoms with Crippen molar-refractivity contribution in [1.29, 1.82) is 5.41 Å². The molecule has 6 rings (SSSR count). The molecule has 3 aromatic carbocycles. The highest BCUT2D eigenvalue weighted by Gasteiger charge is 2.37. The minimum atomic E-state index is -1.89. The van der Waals surface area contributed by atoms with Crippen molar-refractivity contribution in [2.45, 2.75) is 171 Å². The zero-order chi connectivity index (χ0) is 76.0. The summed E-state index contributed by atoms with van der Waals surface area (Å²) in [4.78, 5) is 192. The van der Waals surface area contributed by atoms with Crippen LogP contribution in [0.5, 0.6) is 0 Å². The third kappa shape index (κ3) is 26.3. The number of primary amides is 1. The number of imidazole rings is 1. The number of nitrogens with one attached hydrogen (secondary N) is 14. The molecule has 25 N–H and O–H groups in total. The Morgan fingerprint density at radius 3 is 1.42 bits per heavy atom. The topological polar surface area (TPSA) is 591 Å². The molecule has 0 aliphatic rings. The van der Waals surface area contributed by atoms with Gasteiger partial charge < -0.3 is 106 Å². The van der Waals surface area contributed by atoms with E-state index in [9.17, 15) is 68.1 Å². The van der Waals surface area contributed by atoms with Gasteiger partial charge in [0.15, 0.2) is 5.96 Å². The number of hydrogen-bond donors (Lipinski definition) is 21. The lowest BCUT2D eigenvalue weighted by Gasteiger charge is -2.29. The van der Waals surface area contributed by atoms with Crippen LogP contribution in [0.3, 0.4) is 0 Å². The average Bonchev–Trinajstić information content (AvgIpc) is 1.62. The van der Waals surface area contributed by atoms with Crippen LogP contribution in [-0.2, 0) is 88.0 Å². The van der Waals surface area contributed by atoms with E-state index in [1.807, 2.05) is 0 Å². The van der Waals surface area contributed by atoms with Crippen LogP contribution in [0.2, 0.25) is 0 Å². The number of para-hydroxylation sites is 2. The van der Waals surface area contributed by atoms with E-state index < -0.39 is 169 Å². The molecule has 3 aromatic heterocycles. The van der Waals surface area contributed by atoms with Crippen LogP contribution in [0.25, 0.3) is 21.8 Å². The van der Waals surface area contributed by atoms with Gasteiger partial charge in [0.05, 0.1) is 24.5 Å². The summed E-state index contributed by atoms with van der Waals surface area (Å²) >= 11 is 0. The fourth-order valence-electron chi connectivity index (χ4n) is 11.4. The van der Waals surface area contributed by atoms with Crippen molar-refractivity contribution in [2.24, 2.45) is 28.9 Å². The minimum absolute atomic E-state index is 0.00704. The number of carboxylic acids is 3. The number of rotatable bonds is 45. The number of carboxylic acid groups (broad SMARTS) is 3. The van der Waals surface area contributed by atoms with Crippen LogP contribution >= 0.6 is 0 Å². The van der Waals surface area contributed by atoms with Gasteiger partial charge in [-0.05, 0) is 92.7 Å². The molecule has 35 nitrogen and oxygen atoms in total. The van der Waals surface area contributed by atoms with Gasteiger partial charge in [-0.1, -0.05) is 80.6 Å². The van der Waals surface area contributed by atoms with E-state index in [0.717, 1.165) is 0 Å². The SMILES string of the molecule is CC(C)C[C@H](NC(=O)[C@H](CCCNC(=N)N)NC(=O)[C@H](CCC(N)=O)NC(=O)[C@H](Cc1c[nH]c2ccccc12)NC(=O)[C@@H](N)CCC(=O)O)C(=O)N[C@@H](CCCCN)C(=O)N[C@@H](Cc1c[nH]c2ccccc12)C(=O)N[C@@H](Cc1ccccc1)C(=O)N[C@@H](CC(=O)O)C(=O)N[C@@H](Cc1c[nH]cn1)C(=O)O. The van der Waals surface area contributed by atoms with Crippen LogP contribution in [0.15, 0.2) is 104 Å². The summed E-state index contributed by atoms with van der Waals surface area (Å²) in [6.07, 6.45) is 2.51. The second-order valence-electron chi connectivity index (χ2n) is 25.5. The zero-order valence-corrected chi connectivity index (χ0v) is 57.6. The largest absolute Gasteiger partial charge is 0.481 e. The molecular weight excluding hydrogens is 1350 g/mol. The van der Waals surface area contributed by atoms with Gasteiger partial charge in [0.25, 0.3) is 0 Å². The van der Waals surface area contributed by atoms with Crippen LogP contribution in [0.1, 0.15) is 107 Å². The molecule has 0 bridgehead atoms. The highest BCUT2D eigenvalue weighted by molar-refractivity contribution is 6.00. The van der Waals surface area contributed by atoms with Crippen LogP contribution < -0.4 is 76.1 Å². The van der Waals surface area contributed by atoms with Gasteiger partial charge in [-0.2, -0.15) is 0 Å². The predicted octanol–water partition coefficient (Wildman–Crippen LogP) is -1.54. The monoisotopic (exact) mass is 1440 g/mol. The summed E-state index contributed by atoms with van der Waals surface area (Å²) in [6.45, 7) is 3.66. The quantitative estimate of drug-likeness (QED) is 0.0117.